The number of aromatic nitrogens is 4. The lowest BCUT2D eigenvalue weighted by Gasteiger charge is -2.10. The number of nitro groups is 1. The number of nitrogens with zero attached hydrogens (tertiary/aromatic N) is 5. The third kappa shape index (κ3) is 3.25. The van der Waals surface area contributed by atoms with E-state index in [9.17, 15) is 10.1 Å². The van der Waals surface area contributed by atoms with Gasteiger partial charge in [0.1, 0.15) is 12.1 Å². The number of hydrogen-bond donors (Lipinski definition) is 1. The highest BCUT2D eigenvalue weighted by Crippen LogP contribution is 2.31. The van der Waals surface area contributed by atoms with E-state index >= 15 is 0 Å². The van der Waals surface area contributed by atoms with Crippen molar-refractivity contribution in [1.82, 2.24) is 19.7 Å². The second kappa shape index (κ2) is 6.56. The van der Waals surface area contributed by atoms with Crippen LogP contribution in [0.1, 0.15) is 11.4 Å². The molecule has 1 N–H and O–H groups in total. The molecule has 9 heteroatoms. The second-order valence-electron chi connectivity index (χ2n) is 5.34. The fourth-order valence-corrected chi connectivity index (χ4v) is 2.44. The normalized spacial score (nSPS) is 10.5. The van der Waals surface area contributed by atoms with Crippen LogP contribution in [0.2, 0.25) is 0 Å². The molecule has 0 saturated carbocycles. The van der Waals surface area contributed by atoms with E-state index in [2.05, 4.69) is 20.4 Å². The summed E-state index contributed by atoms with van der Waals surface area (Å²) in [7, 11) is 1.57. The number of anilines is 2. The van der Waals surface area contributed by atoms with Crippen LogP contribution in [-0.2, 0) is 0 Å². The lowest BCUT2D eigenvalue weighted by Crippen LogP contribution is -2.09. The number of aryl methyl sites for hydroxylation is 2. The fourth-order valence-electron chi connectivity index (χ4n) is 2.44. The van der Waals surface area contributed by atoms with Gasteiger partial charge in [-0.3, -0.25) is 10.1 Å². The van der Waals surface area contributed by atoms with Crippen LogP contribution in [0, 0.1) is 24.0 Å². The van der Waals surface area contributed by atoms with E-state index in [1.807, 2.05) is 19.9 Å². The fraction of sp³-hybridized carbons (Fsp3) is 0.188. The molecule has 0 aliphatic heterocycles. The van der Waals surface area contributed by atoms with Crippen molar-refractivity contribution in [3.63, 3.8) is 0 Å². The Morgan fingerprint density at radius 3 is 2.48 bits per heavy atom. The lowest BCUT2D eigenvalue weighted by atomic mass is 10.3. The average Bonchev–Trinajstić information content (AvgIpc) is 2.93. The zero-order valence-electron chi connectivity index (χ0n) is 13.9. The molecule has 128 valence electrons. The Kier molecular flexibility index (Phi) is 4.29. The van der Waals surface area contributed by atoms with E-state index in [1.165, 1.54) is 11.0 Å². The van der Waals surface area contributed by atoms with Gasteiger partial charge in [0.05, 0.1) is 17.7 Å². The van der Waals surface area contributed by atoms with Crippen molar-refractivity contribution in [1.29, 1.82) is 0 Å². The maximum Gasteiger partial charge on any atom is 0.355 e. The number of nitrogens with one attached hydrogen (secondary N) is 1. The van der Waals surface area contributed by atoms with Crippen LogP contribution in [0.5, 0.6) is 5.75 Å². The molecule has 0 unspecified atom stereocenters. The average molecular weight is 340 g/mol. The molecule has 0 spiro atoms. The van der Waals surface area contributed by atoms with Crippen LogP contribution < -0.4 is 10.1 Å². The standard InChI is InChI=1S/C16H16N6O3/c1-10-8-11(2)21(20-10)16-14(22(23)24)15(17-9-18-16)19-12-4-6-13(25-3)7-5-12/h4-9H,1-3H3,(H,17,18,19). The van der Waals surface area contributed by atoms with Gasteiger partial charge in [-0.15, -0.1) is 0 Å². The van der Waals surface area contributed by atoms with E-state index in [4.69, 9.17) is 4.74 Å². The highest BCUT2D eigenvalue weighted by Gasteiger charge is 2.26. The van der Waals surface area contributed by atoms with Gasteiger partial charge in [0, 0.05) is 11.4 Å². The van der Waals surface area contributed by atoms with E-state index in [0.29, 0.717) is 11.4 Å². The van der Waals surface area contributed by atoms with Crippen LogP contribution in [0.3, 0.4) is 0 Å². The van der Waals surface area contributed by atoms with E-state index in [1.54, 1.807) is 31.4 Å². The Hall–Kier alpha value is -3.49. The van der Waals surface area contributed by atoms with Gasteiger partial charge in [0.2, 0.25) is 11.6 Å². The molecule has 0 radical (unpaired) electrons. The Labute approximate surface area is 143 Å². The predicted octanol–water partition coefficient (Wildman–Crippen LogP) is 2.94. The minimum Gasteiger partial charge on any atom is -0.497 e. The van der Waals surface area contributed by atoms with E-state index < -0.39 is 4.92 Å². The summed E-state index contributed by atoms with van der Waals surface area (Å²) in [5.74, 6) is 0.889. The summed E-state index contributed by atoms with van der Waals surface area (Å²) in [6.45, 7) is 3.62. The molecule has 2 aromatic heterocycles. The molecule has 9 nitrogen and oxygen atoms in total. The van der Waals surface area contributed by atoms with Crippen LogP contribution in [-0.4, -0.2) is 31.8 Å². The molecule has 3 aromatic rings. The third-order valence-electron chi connectivity index (χ3n) is 3.55. The summed E-state index contributed by atoms with van der Waals surface area (Å²) in [5.41, 5.74) is 1.89. The Morgan fingerprint density at radius 2 is 1.92 bits per heavy atom. The smallest absolute Gasteiger partial charge is 0.355 e. The van der Waals surface area contributed by atoms with Gasteiger partial charge >= 0.3 is 5.69 Å². The molecule has 0 fully saturated rings. The van der Waals surface area contributed by atoms with Crippen molar-refractivity contribution in [3.05, 3.63) is 58.2 Å². The number of ether oxygens (including phenoxy) is 1. The molecule has 3 rings (SSSR count). The van der Waals surface area contributed by atoms with Crippen molar-refractivity contribution >= 4 is 17.2 Å². The van der Waals surface area contributed by atoms with Crippen molar-refractivity contribution in [3.8, 4) is 11.6 Å². The molecule has 0 bridgehead atoms. The van der Waals surface area contributed by atoms with Crippen molar-refractivity contribution < 1.29 is 9.66 Å². The largest absolute Gasteiger partial charge is 0.497 e. The summed E-state index contributed by atoms with van der Waals surface area (Å²) >= 11 is 0. The molecule has 0 aliphatic rings. The molecule has 0 atom stereocenters. The zero-order chi connectivity index (χ0) is 18.0. The highest BCUT2D eigenvalue weighted by atomic mass is 16.6. The van der Waals surface area contributed by atoms with Gasteiger partial charge in [0.25, 0.3) is 0 Å². The number of hydrogen-bond acceptors (Lipinski definition) is 7. The summed E-state index contributed by atoms with van der Waals surface area (Å²) in [6, 6.07) is 8.80. The van der Waals surface area contributed by atoms with Crippen molar-refractivity contribution in [2.45, 2.75) is 13.8 Å². The molecular formula is C16H16N6O3. The van der Waals surface area contributed by atoms with Crippen molar-refractivity contribution in [2.24, 2.45) is 0 Å². The first-order chi connectivity index (χ1) is 12.0. The maximum absolute atomic E-state index is 11.6. The number of methoxy groups -OCH3 is 1. The van der Waals surface area contributed by atoms with Crippen LogP contribution in [0.4, 0.5) is 17.2 Å². The molecule has 0 saturated heterocycles. The van der Waals surface area contributed by atoms with Gasteiger partial charge < -0.3 is 10.1 Å². The molecule has 1 aromatic carbocycles. The maximum atomic E-state index is 11.6. The second-order valence-corrected chi connectivity index (χ2v) is 5.34. The quantitative estimate of drug-likeness (QED) is 0.562. The Morgan fingerprint density at radius 1 is 1.20 bits per heavy atom. The third-order valence-corrected chi connectivity index (χ3v) is 3.55. The van der Waals surface area contributed by atoms with Gasteiger partial charge in [-0.25, -0.2) is 14.6 Å². The summed E-state index contributed by atoms with van der Waals surface area (Å²) < 4.78 is 6.54. The number of benzene rings is 1. The molecule has 0 aliphatic carbocycles. The van der Waals surface area contributed by atoms with Gasteiger partial charge in [-0.1, -0.05) is 0 Å². The molecule has 25 heavy (non-hydrogen) atoms. The van der Waals surface area contributed by atoms with Crippen LogP contribution in [0.15, 0.2) is 36.7 Å². The van der Waals surface area contributed by atoms with Crippen LogP contribution in [0.25, 0.3) is 5.82 Å². The van der Waals surface area contributed by atoms with Gasteiger partial charge in [0.15, 0.2) is 0 Å². The Bertz CT molecular complexity index is 920. The minimum absolute atomic E-state index is 0.0905. The van der Waals surface area contributed by atoms with E-state index in [-0.39, 0.29) is 17.3 Å². The zero-order valence-corrected chi connectivity index (χ0v) is 13.9. The molecule has 0 amide bonds. The van der Waals surface area contributed by atoms with Crippen LogP contribution >= 0.6 is 0 Å². The summed E-state index contributed by atoms with van der Waals surface area (Å²) in [6.07, 6.45) is 1.27. The van der Waals surface area contributed by atoms with Gasteiger partial charge in [-0.2, -0.15) is 5.10 Å². The minimum atomic E-state index is -0.516. The SMILES string of the molecule is COc1ccc(Nc2ncnc(-n3nc(C)cc3C)c2[N+](=O)[O-])cc1. The van der Waals surface area contributed by atoms with Gasteiger partial charge in [-0.05, 0) is 44.2 Å². The molecular weight excluding hydrogens is 324 g/mol. The first-order valence-electron chi connectivity index (χ1n) is 7.43. The first-order valence-corrected chi connectivity index (χ1v) is 7.43. The topological polar surface area (TPSA) is 108 Å². The molecule has 2 heterocycles. The summed E-state index contributed by atoms with van der Waals surface area (Å²) in [4.78, 5) is 19.2. The number of rotatable bonds is 5. The predicted molar refractivity (Wildman–Crippen MR) is 91.6 cm³/mol. The Balaban J connectivity index is 2.06. The summed E-state index contributed by atoms with van der Waals surface area (Å²) in [5, 5.41) is 18.9. The lowest BCUT2D eigenvalue weighted by molar-refractivity contribution is -0.384. The monoisotopic (exact) mass is 340 g/mol. The van der Waals surface area contributed by atoms with E-state index in [0.717, 1.165) is 11.4 Å². The highest BCUT2D eigenvalue weighted by molar-refractivity contribution is 5.70. The van der Waals surface area contributed by atoms with Crippen molar-refractivity contribution in [2.75, 3.05) is 12.4 Å². The first kappa shape index (κ1) is 16.4.